The van der Waals surface area contributed by atoms with Gasteiger partial charge in [0, 0.05) is 6.42 Å². The maximum absolute atomic E-state index is 10.4. The van der Waals surface area contributed by atoms with Crippen molar-refractivity contribution in [1.82, 2.24) is 0 Å². The van der Waals surface area contributed by atoms with Gasteiger partial charge in [-0.3, -0.25) is 0 Å². The second-order valence-electron chi connectivity index (χ2n) is 7.96. The van der Waals surface area contributed by atoms with Crippen LogP contribution in [0, 0.1) is 0 Å². The summed E-state index contributed by atoms with van der Waals surface area (Å²) in [4.78, 5) is 0. The van der Waals surface area contributed by atoms with Crippen LogP contribution in [0.5, 0.6) is 0 Å². The highest BCUT2D eigenvalue weighted by Gasteiger charge is 2.40. The Morgan fingerprint density at radius 1 is 0.688 bits per heavy atom. The van der Waals surface area contributed by atoms with Gasteiger partial charge in [0.1, 0.15) is 12.2 Å². The monoisotopic (exact) mass is 434 g/mol. The van der Waals surface area contributed by atoms with Crippen LogP contribution in [-0.4, -0.2) is 36.3 Å². The highest BCUT2D eigenvalue weighted by molar-refractivity contribution is 5.15. The summed E-state index contributed by atoms with van der Waals surface area (Å²) in [5.41, 5.74) is 3.24. The maximum Gasteiger partial charge on any atom is 0.157 e. The van der Waals surface area contributed by atoms with Gasteiger partial charge in [-0.05, 0) is 16.7 Å². The number of ether oxygens (including phenoxy) is 4. The smallest absolute Gasteiger partial charge is 0.157 e. The topological polar surface area (TPSA) is 57.2 Å². The molecule has 32 heavy (non-hydrogen) atoms. The molecule has 4 atom stereocenters. The second-order valence-corrected chi connectivity index (χ2v) is 7.96. The summed E-state index contributed by atoms with van der Waals surface area (Å²) in [6.07, 6.45) is -1.68. The Balaban J connectivity index is 1.42. The minimum absolute atomic E-state index is 0.302. The van der Waals surface area contributed by atoms with Crippen molar-refractivity contribution >= 4 is 0 Å². The second kappa shape index (κ2) is 11.9. The van der Waals surface area contributed by atoms with Crippen LogP contribution >= 0.6 is 0 Å². The van der Waals surface area contributed by atoms with Crippen LogP contribution in [0.25, 0.3) is 0 Å². The van der Waals surface area contributed by atoms with Crippen molar-refractivity contribution in [3.8, 4) is 0 Å². The number of benzene rings is 3. The summed E-state index contributed by atoms with van der Waals surface area (Å²) in [6.45, 7) is 1.65. The van der Waals surface area contributed by atoms with E-state index in [-0.39, 0.29) is 12.2 Å². The Bertz CT molecular complexity index is 903. The van der Waals surface area contributed by atoms with Crippen molar-refractivity contribution in [3.05, 3.63) is 108 Å². The maximum atomic E-state index is 10.4. The van der Waals surface area contributed by atoms with Crippen LogP contribution in [0.3, 0.4) is 0 Å². The summed E-state index contributed by atoms with van der Waals surface area (Å²) in [7, 11) is 0. The van der Waals surface area contributed by atoms with E-state index < -0.39 is 12.4 Å². The first-order valence-corrected chi connectivity index (χ1v) is 11.0. The predicted molar refractivity (Wildman–Crippen MR) is 122 cm³/mol. The van der Waals surface area contributed by atoms with E-state index in [0.717, 1.165) is 16.7 Å². The van der Waals surface area contributed by atoms with Gasteiger partial charge in [-0.1, -0.05) is 91.0 Å². The Morgan fingerprint density at radius 3 is 1.75 bits per heavy atom. The largest absolute Gasteiger partial charge is 0.374 e. The van der Waals surface area contributed by atoms with E-state index in [4.69, 9.17) is 18.9 Å². The average molecular weight is 435 g/mol. The molecule has 0 bridgehead atoms. The Labute approximate surface area is 189 Å². The molecule has 0 aromatic heterocycles. The van der Waals surface area contributed by atoms with Crippen molar-refractivity contribution < 1.29 is 24.1 Å². The summed E-state index contributed by atoms with van der Waals surface area (Å²) in [6, 6.07) is 30.0. The molecule has 3 aromatic rings. The summed E-state index contributed by atoms with van der Waals surface area (Å²) < 4.78 is 24.3. The summed E-state index contributed by atoms with van der Waals surface area (Å²) in [5.74, 6) is 0. The molecule has 0 amide bonds. The molecule has 0 radical (unpaired) electrons. The standard InChI is InChI=1S/C27H30O5/c28-26-16-24(30-18-22-12-6-2-7-13-22)27(31-19-23-14-8-3-9-15-23)25(32-26)20-29-17-21-10-4-1-5-11-21/h1-15,24-28H,16-20H2/t24-,25?,26+,27+/m1/s1. The fraction of sp³-hybridized carbons (Fsp3) is 0.333. The fourth-order valence-corrected chi connectivity index (χ4v) is 3.83. The van der Waals surface area contributed by atoms with Crippen LogP contribution < -0.4 is 0 Å². The van der Waals surface area contributed by atoms with Crippen molar-refractivity contribution in [2.75, 3.05) is 6.61 Å². The number of hydrogen-bond acceptors (Lipinski definition) is 5. The van der Waals surface area contributed by atoms with Crippen LogP contribution in [0.2, 0.25) is 0 Å². The minimum Gasteiger partial charge on any atom is -0.374 e. The zero-order valence-corrected chi connectivity index (χ0v) is 18.1. The van der Waals surface area contributed by atoms with Gasteiger partial charge in [0.25, 0.3) is 0 Å². The zero-order valence-electron chi connectivity index (χ0n) is 18.1. The van der Waals surface area contributed by atoms with E-state index in [1.54, 1.807) is 0 Å². The van der Waals surface area contributed by atoms with Crippen LogP contribution in [0.15, 0.2) is 91.0 Å². The molecule has 1 aliphatic heterocycles. The molecule has 168 valence electrons. The molecule has 1 fully saturated rings. The molecule has 1 aliphatic rings. The molecule has 1 heterocycles. The van der Waals surface area contributed by atoms with Crippen LogP contribution in [0.4, 0.5) is 0 Å². The third-order valence-corrected chi connectivity index (χ3v) is 5.48. The molecule has 0 saturated carbocycles. The fourth-order valence-electron chi connectivity index (χ4n) is 3.83. The lowest BCUT2D eigenvalue weighted by atomic mass is 10.0. The van der Waals surface area contributed by atoms with Crippen molar-refractivity contribution in [1.29, 1.82) is 0 Å². The van der Waals surface area contributed by atoms with Crippen molar-refractivity contribution in [2.45, 2.75) is 50.8 Å². The van der Waals surface area contributed by atoms with Crippen LogP contribution in [-0.2, 0) is 38.8 Å². The average Bonchev–Trinajstić information content (AvgIpc) is 2.84. The molecule has 1 saturated heterocycles. The molecule has 1 N–H and O–H groups in total. The number of hydrogen-bond donors (Lipinski definition) is 1. The molecule has 0 spiro atoms. The van der Waals surface area contributed by atoms with E-state index in [1.165, 1.54) is 0 Å². The quantitative estimate of drug-likeness (QED) is 0.510. The van der Waals surface area contributed by atoms with Gasteiger partial charge in [-0.2, -0.15) is 0 Å². The van der Waals surface area contributed by atoms with E-state index >= 15 is 0 Å². The lowest BCUT2D eigenvalue weighted by Gasteiger charge is -2.39. The Morgan fingerprint density at radius 2 is 1.19 bits per heavy atom. The highest BCUT2D eigenvalue weighted by atomic mass is 16.6. The van der Waals surface area contributed by atoms with Gasteiger partial charge < -0.3 is 24.1 Å². The first-order valence-electron chi connectivity index (χ1n) is 11.0. The molecular formula is C27H30O5. The van der Waals surface area contributed by atoms with E-state index in [9.17, 15) is 5.11 Å². The van der Waals surface area contributed by atoms with Crippen molar-refractivity contribution in [2.24, 2.45) is 0 Å². The molecule has 0 aliphatic carbocycles. The molecule has 3 aromatic carbocycles. The van der Waals surface area contributed by atoms with Gasteiger partial charge in [-0.15, -0.1) is 0 Å². The van der Waals surface area contributed by atoms with Gasteiger partial charge >= 0.3 is 0 Å². The predicted octanol–water partition coefficient (Wildman–Crippen LogP) is 4.48. The molecular weight excluding hydrogens is 404 g/mol. The molecule has 5 heteroatoms. The third kappa shape index (κ3) is 6.73. The van der Waals surface area contributed by atoms with Crippen molar-refractivity contribution in [3.63, 3.8) is 0 Å². The molecule has 4 rings (SSSR count). The summed E-state index contributed by atoms with van der Waals surface area (Å²) in [5, 5.41) is 10.4. The Hall–Kier alpha value is -2.54. The molecule has 1 unspecified atom stereocenters. The van der Waals surface area contributed by atoms with E-state index in [2.05, 4.69) is 0 Å². The number of aliphatic hydroxyl groups is 1. The first-order chi connectivity index (χ1) is 15.8. The highest BCUT2D eigenvalue weighted by Crippen LogP contribution is 2.27. The molecule has 5 nitrogen and oxygen atoms in total. The third-order valence-electron chi connectivity index (χ3n) is 5.48. The zero-order chi connectivity index (χ0) is 22.0. The first kappa shape index (κ1) is 22.6. The lowest BCUT2D eigenvalue weighted by Crippen LogP contribution is -2.52. The Kier molecular flexibility index (Phi) is 8.42. The lowest BCUT2D eigenvalue weighted by molar-refractivity contribution is -0.265. The van der Waals surface area contributed by atoms with E-state index in [1.807, 2.05) is 91.0 Å². The van der Waals surface area contributed by atoms with Gasteiger partial charge in [0.05, 0.1) is 32.5 Å². The SMILES string of the molecule is O[C@@H]1C[C@@H](OCc2ccccc2)[C@H](OCc2ccccc2)C(COCc2ccccc2)O1. The van der Waals surface area contributed by atoms with Gasteiger partial charge in [-0.25, -0.2) is 0 Å². The normalized spacial score (nSPS) is 23.2. The number of aliphatic hydroxyl groups excluding tert-OH is 1. The van der Waals surface area contributed by atoms with Gasteiger partial charge in [0.2, 0.25) is 0 Å². The van der Waals surface area contributed by atoms with Gasteiger partial charge in [0.15, 0.2) is 6.29 Å². The minimum atomic E-state index is -0.919. The summed E-state index contributed by atoms with van der Waals surface area (Å²) >= 11 is 0. The number of rotatable bonds is 10. The van der Waals surface area contributed by atoms with E-state index in [0.29, 0.717) is 32.8 Å². The van der Waals surface area contributed by atoms with Crippen LogP contribution in [0.1, 0.15) is 23.1 Å².